The van der Waals surface area contributed by atoms with Crippen molar-refractivity contribution in [2.75, 3.05) is 7.11 Å². The third kappa shape index (κ3) is 2.24. The molecule has 0 aliphatic rings. The summed E-state index contributed by atoms with van der Waals surface area (Å²) in [7, 11) is 1.37. The van der Waals surface area contributed by atoms with Gasteiger partial charge in [0.15, 0.2) is 0 Å². The molecule has 0 fully saturated rings. The summed E-state index contributed by atoms with van der Waals surface area (Å²) in [5, 5.41) is 9.82. The maximum absolute atomic E-state index is 11.0. The highest BCUT2D eigenvalue weighted by Crippen LogP contribution is 2.29. The molecule has 1 aromatic carbocycles. The van der Waals surface area contributed by atoms with Gasteiger partial charge in [0.05, 0.1) is 17.6 Å². The predicted octanol–water partition coefficient (Wildman–Crippen LogP) is 2.29. The molecule has 0 aliphatic carbocycles. The average Bonchev–Trinajstić information content (AvgIpc) is 2.16. The van der Waals surface area contributed by atoms with Gasteiger partial charge in [-0.2, -0.15) is 0 Å². The molecule has 0 bridgehead atoms. The van der Waals surface area contributed by atoms with Crippen molar-refractivity contribution in [1.29, 1.82) is 0 Å². The second-order valence-corrected chi connectivity index (χ2v) is 3.21. The Kier molecular flexibility index (Phi) is 3.26. The van der Waals surface area contributed by atoms with Gasteiger partial charge in [-0.25, -0.2) is 0 Å². The van der Waals surface area contributed by atoms with Crippen molar-refractivity contribution >= 4 is 22.5 Å². The number of methoxy groups -OCH3 is 1. The highest BCUT2D eigenvalue weighted by molar-refractivity contribution is 6.68. The first-order valence-electron chi connectivity index (χ1n) is 4.00. The molecule has 0 aromatic heterocycles. The minimum Gasteiger partial charge on any atom is -0.496 e. The summed E-state index contributed by atoms with van der Waals surface area (Å²) in [6.45, 7) is 1.56. The number of nitrogens with zero attached hydrogens (tertiary/aromatic N) is 1. The highest BCUT2D eigenvalue weighted by Gasteiger charge is 2.18. The molecule has 0 aliphatic heterocycles. The normalized spacial score (nSPS) is 9.80. The molecule has 15 heavy (non-hydrogen) atoms. The number of rotatable bonds is 3. The number of nitro benzene ring substituents is 1. The molecular formula is C9H8ClNO4. The first-order valence-corrected chi connectivity index (χ1v) is 4.38. The van der Waals surface area contributed by atoms with Crippen LogP contribution in [0.2, 0.25) is 0 Å². The lowest BCUT2D eigenvalue weighted by Crippen LogP contribution is -2.00. The van der Waals surface area contributed by atoms with Gasteiger partial charge in [-0.15, -0.1) is 0 Å². The summed E-state index contributed by atoms with van der Waals surface area (Å²) in [4.78, 5) is 21.0. The van der Waals surface area contributed by atoms with Crippen molar-refractivity contribution in [3.63, 3.8) is 0 Å². The van der Waals surface area contributed by atoms with Crippen LogP contribution in [0.4, 0.5) is 5.69 Å². The van der Waals surface area contributed by atoms with Gasteiger partial charge in [-0.1, -0.05) is 0 Å². The molecule has 80 valence electrons. The molecule has 1 rings (SSSR count). The average molecular weight is 230 g/mol. The van der Waals surface area contributed by atoms with E-state index in [0.717, 1.165) is 6.07 Å². The maximum atomic E-state index is 11.0. The highest BCUT2D eigenvalue weighted by atomic mass is 35.5. The van der Waals surface area contributed by atoms with Crippen molar-refractivity contribution in [3.05, 3.63) is 33.4 Å². The zero-order valence-electron chi connectivity index (χ0n) is 8.11. The number of carbonyl (C=O) groups excluding carboxylic acids is 1. The van der Waals surface area contributed by atoms with Crippen molar-refractivity contribution < 1.29 is 14.5 Å². The molecule has 0 heterocycles. The van der Waals surface area contributed by atoms with Gasteiger partial charge < -0.3 is 4.74 Å². The SMILES string of the molecule is COc1cc(C)c([N+](=O)[O-])cc1C(=O)Cl. The Bertz CT molecular complexity index is 430. The number of hydrogen-bond acceptors (Lipinski definition) is 4. The van der Waals surface area contributed by atoms with Crippen LogP contribution >= 0.6 is 11.6 Å². The van der Waals surface area contributed by atoms with Crippen molar-refractivity contribution in [1.82, 2.24) is 0 Å². The van der Waals surface area contributed by atoms with E-state index in [9.17, 15) is 14.9 Å². The zero-order chi connectivity index (χ0) is 11.6. The monoisotopic (exact) mass is 229 g/mol. The van der Waals surface area contributed by atoms with Crippen LogP contribution in [-0.4, -0.2) is 17.3 Å². The molecule has 0 spiro atoms. The third-order valence-corrected chi connectivity index (χ3v) is 2.13. The largest absolute Gasteiger partial charge is 0.496 e. The van der Waals surface area contributed by atoms with Crippen LogP contribution in [0.15, 0.2) is 12.1 Å². The van der Waals surface area contributed by atoms with E-state index in [2.05, 4.69) is 0 Å². The minimum atomic E-state index is -0.782. The molecule has 0 amide bonds. The molecule has 5 nitrogen and oxygen atoms in total. The van der Waals surface area contributed by atoms with Crippen molar-refractivity contribution in [2.24, 2.45) is 0 Å². The molecule has 0 atom stereocenters. The van der Waals surface area contributed by atoms with Crippen LogP contribution in [-0.2, 0) is 0 Å². The first kappa shape index (κ1) is 11.5. The number of benzene rings is 1. The lowest BCUT2D eigenvalue weighted by atomic mass is 10.1. The molecule has 0 saturated carbocycles. The van der Waals surface area contributed by atoms with Gasteiger partial charge in [0.1, 0.15) is 5.75 Å². The zero-order valence-corrected chi connectivity index (χ0v) is 8.87. The molecule has 6 heteroatoms. The van der Waals surface area contributed by atoms with E-state index in [0.29, 0.717) is 5.56 Å². The van der Waals surface area contributed by atoms with E-state index in [4.69, 9.17) is 16.3 Å². The predicted molar refractivity (Wildman–Crippen MR) is 54.6 cm³/mol. The number of halogens is 1. The van der Waals surface area contributed by atoms with Gasteiger partial charge in [0.25, 0.3) is 10.9 Å². The molecule has 0 radical (unpaired) electrons. The Labute approximate surface area is 90.8 Å². The fourth-order valence-corrected chi connectivity index (χ4v) is 1.34. The quantitative estimate of drug-likeness (QED) is 0.453. The van der Waals surface area contributed by atoms with E-state index in [1.165, 1.54) is 13.2 Å². The summed E-state index contributed by atoms with van der Waals surface area (Å²) in [5.41, 5.74) is 0.259. The van der Waals surface area contributed by atoms with E-state index in [1.54, 1.807) is 6.92 Å². The van der Waals surface area contributed by atoms with Crippen LogP contribution in [0.5, 0.6) is 5.75 Å². The first-order chi connectivity index (χ1) is 6.97. The Hall–Kier alpha value is -1.62. The van der Waals surface area contributed by atoms with Gasteiger partial charge in [-0.3, -0.25) is 14.9 Å². The molecular weight excluding hydrogens is 222 g/mol. The second-order valence-electron chi connectivity index (χ2n) is 2.87. The molecule has 1 aromatic rings. The van der Waals surface area contributed by atoms with E-state index in [1.807, 2.05) is 0 Å². The summed E-state index contributed by atoms with van der Waals surface area (Å²) >= 11 is 5.27. The van der Waals surface area contributed by atoms with Gasteiger partial charge in [-0.05, 0) is 24.6 Å². The number of ether oxygens (including phenoxy) is 1. The smallest absolute Gasteiger partial charge is 0.273 e. The Balaban J connectivity index is 3.43. The standard InChI is InChI=1S/C9H8ClNO4/c1-5-3-8(15-2)6(9(10)12)4-7(5)11(13)14/h3-4H,1-2H3. The second kappa shape index (κ2) is 4.27. The van der Waals surface area contributed by atoms with Crippen LogP contribution in [0.1, 0.15) is 15.9 Å². The molecule has 0 N–H and O–H groups in total. The van der Waals surface area contributed by atoms with E-state index >= 15 is 0 Å². The summed E-state index contributed by atoms with van der Waals surface area (Å²) in [5.74, 6) is 0.234. The van der Waals surface area contributed by atoms with Crippen molar-refractivity contribution in [3.8, 4) is 5.75 Å². The fraction of sp³-hybridized carbons (Fsp3) is 0.222. The van der Waals surface area contributed by atoms with Gasteiger partial charge >= 0.3 is 0 Å². The summed E-state index contributed by atoms with van der Waals surface area (Å²) < 4.78 is 4.89. The lowest BCUT2D eigenvalue weighted by Gasteiger charge is -2.06. The Morgan fingerprint density at radius 1 is 1.53 bits per heavy atom. The Morgan fingerprint density at radius 3 is 2.53 bits per heavy atom. The minimum absolute atomic E-state index is 0.00327. The molecule has 0 unspecified atom stereocenters. The lowest BCUT2D eigenvalue weighted by molar-refractivity contribution is -0.385. The van der Waals surface area contributed by atoms with E-state index in [-0.39, 0.29) is 17.0 Å². The number of hydrogen-bond donors (Lipinski definition) is 0. The maximum Gasteiger partial charge on any atom is 0.273 e. The summed E-state index contributed by atoms with van der Waals surface area (Å²) in [6, 6.07) is 2.53. The van der Waals surface area contributed by atoms with Crippen LogP contribution < -0.4 is 4.74 Å². The van der Waals surface area contributed by atoms with Crippen LogP contribution in [0, 0.1) is 17.0 Å². The van der Waals surface area contributed by atoms with Gasteiger partial charge in [0.2, 0.25) is 0 Å². The number of aryl methyl sites for hydroxylation is 1. The number of nitro groups is 1. The third-order valence-electron chi connectivity index (χ3n) is 1.93. The summed E-state index contributed by atoms with van der Waals surface area (Å²) in [6.07, 6.45) is 0. The van der Waals surface area contributed by atoms with Crippen molar-refractivity contribution in [2.45, 2.75) is 6.92 Å². The topological polar surface area (TPSA) is 69.4 Å². The molecule has 0 saturated heterocycles. The van der Waals surface area contributed by atoms with Crippen LogP contribution in [0.25, 0.3) is 0 Å². The van der Waals surface area contributed by atoms with E-state index < -0.39 is 10.2 Å². The van der Waals surface area contributed by atoms with Crippen LogP contribution in [0.3, 0.4) is 0 Å². The Morgan fingerprint density at radius 2 is 2.13 bits per heavy atom. The fourth-order valence-electron chi connectivity index (χ4n) is 1.19. The number of carbonyl (C=O) groups is 1. The van der Waals surface area contributed by atoms with Gasteiger partial charge in [0, 0.05) is 11.6 Å².